The molecule has 1 aromatic carbocycles. The third-order valence-electron chi connectivity index (χ3n) is 7.18. The van der Waals surface area contributed by atoms with Crippen LogP contribution in [0, 0.1) is 25.7 Å². The van der Waals surface area contributed by atoms with E-state index in [2.05, 4.69) is 20.2 Å². The summed E-state index contributed by atoms with van der Waals surface area (Å²) in [7, 11) is 0. The molecule has 6 heteroatoms. The Morgan fingerprint density at radius 1 is 1.17 bits per heavy atom. The van der Waals surface area contributed by atoms with E-state index in [9.17, 15) is 9.59 Å². The molecule has 2 amide bonds. The molecular formula is C23H28N4O2. The molecule has 1 aromatic heterocycles. The van der Waals surface area contributed by atoms with Crippen molar-refractivity contribution in [3.63, 3.8) is 0 Å². The zero-order valence-electron chi connectivity index (χ0n) is 17.0. The van der Waals surface area contributed by atoms with Gasteiger partial charge in [0.1, 0.15) is 0 Å². The molecule has 29 heavy (non-hydrogen) atoms. The van der Waals surface area contributed by atoms with Crippen LogP contribution < -0.4 is 5.32 Å². The average molecular weight is 393 g/mol. The van der Waals surface area contributed by atoms with Crippen molar-refractivity contribution < 1.29 is 9.59 Å². The molecule has 0 spiro atoms. The Balaban J connectivity index is 1.30. The standard InChI is InChI=1S/C23H28N4O2/c1-13-4-3-5-14(2)20(13)22(28)26-18-7-6-15-8-9-27(21(15)18)23(29)17-10-16(17)19-11-24-12-25-19/h3-5,11-12,15-18,21H,6-10H2,1-2H3,(H,24,25)(H,26,28)/t15-,16+,17+,18+,21+/m0/s1. The van der Waals surface area contributed by atoms with Gasteiger partial charge in [-0.3, -0.25) is 9.59 Å². The number of aromatic nitrogens is 2. The molecular weight excluding hydrogens is 364 g/mol. The molecule has 2 heterocycles. The van der Waals surface area contributed by atoms with Gasteiger partial charge < -0.3 is 15.2 Å². The molecule has 1 saturated heterocycles. The minimum absolute atomic E-state index is 0.00712. The van der Waals surface area contributed by atoms with E-state index >= 15 is 0 Å². The van der Waals surface area contributed by atoms with Crippen molar-refractivity contribution in [2.75, 3.05) is 6.54 Å². The van der Waals surface area contributed by atoms with Gasteiger partial charge in [0.2, 0.25) is 5.91 Å². The van der Waals surface area contributed by atoms with Crippen LogP contribution in [-0.2, 0) is 4.79 Å². The number of amides is 2. The Labute approximate surface area is 171 Å². The highest BCUT2D eigenvalue weighted by Gasteiger charge is 2.53. The van der Waals surface area contributed by atoms with Gasteiger partial charge in [-0.25, -0.2) is 4.98 Å². The first-order valence-electron chi connectivity index (χ1n) is 10.7. The summed E-state index contributed by atoms with van der Waals surface area (Å²) in [6.07, 6.45) is 7.48. The lowest BCUT2D eigenvalue weighted by molar-refractivity contribution is -0.134. The molecule has 152 valence electrons. The number of benzene rings is 1. The topological polar surface area (TPSA) is 78.1 Å². The minimum Gasteiger partial charge on any atom is -0.348 e. The molecule has 1 aliphatic heterocycles. The fraction of sp³-hybridized carbons (Fsp3) is 0.522. The van der Waals surface area contributed by atoms with Crippen LogP contribution >= 0.6 is 0 Å². The SMILES string of the molecule is Cc1cccc(C)c1C(=O)N[C@@H]1CC[C@H]2CCN(C(=O)[C@@H]3C[C@H]3c3cnc[nH]3)[C@H]21. The van der Waals surface area contributed by atoms with Crippen LogP contribution in [0.4, 0.5) is 0 Å². The first kappa shape index (κ1) is 18.4. The van der Waals surface area contributed by atoms with Crippen LogP contribution in [0.15, 0.2) is 30.7 Å². The second-order valence-corrected chi connectivity index (χ2v) is 8.95. The Bertz CT molecular complexity index is 918. The van der Waals surface area contributed by atoms with Crippen LogP contribution in [0.5, 0.6) is 0 Å². The zero-order chi connectivity index (χ0) is 20.1. The second-order valence-electron chi connectivity index (χ2n) is 8.95. The van der Waals surface area contributed by atoms with Gasteiger partial charge in [-0.2, -0.15) is 0 Å². The molecule has 2 saturated carbocycles. The third-order valence-corrected chi connectivity index (χ3v) is 7.18. The number of aryl methyl sites for hydroxylation is 2. The number of carbonyl (C=O) groups excluding carboxylic acids is 2. The molecule has 6 nitrogen and oxygen atoms in total. The summed E-state index contributed by atoms with van der Waals surface area (Å²) in [5.41, 5.74) is 3.83. The number of rotatable bonds is 4. The van der Waals surface area contributed by atoms with Gasteiger partial charge in [0, 0.05) is 41.9 Å². The zero-order valence-corrected chi connectivity index (χ0v) is 17.0. The summed E-state index contributed by atoms with van der Waals surface area (Å²) in [5, 5.41) is 3.28. The van der Waals surface area contributed by atoms with E-state index in [4.69, 9.17) is 0 Å². The van der Waals surface area contributed by atoms with Gasteiger partial charge in [0.05, 0.1) is 12.4 Å². The second kappa shape index (κ2) is 7.01. The number of aromatic amines is 1. The molecule has 2 aromatic rings. The predicted octanol–water partition coefficient (Wildman–Crippen LogP) is 2.94. The van der Waals surface area contributed by atoms with Gasteiger partial charge in [0.15, 0.2) is 0 Å². The van der Waals surface area contributed by atoms with Crippen molar-refractivity contribution in [2.45, 2.75) is 57.5 Å². The van der Waals surface area contributed by atoms with Crippen LogP contribution in [0.25, 0.3) is 0 Å². The predicted molar refractivity (Wildman–Crippen MR) is 109 cm³/mol. The number of nitrogens with one attached hydrogen (secondary N) is 2. The van der Waals surface area contributed by atoms with Gasteiger partial charge in [-0.1, -0.05) is 18.2 Å². The van der Waals surface area contributed by atoms with Crippen molar-refractivity contribution in [1.82, 2.24) is 20.2 Å². The molecule has 5 rings (SSSR count). The number of nitrogens with zero attached hydrogens (tertiary/aromatic N) is 2. The Morgan fingerprint density at radius 3 is 2.69 bits per heavy atom. The van der Waals surface area contributed by atoms with Gasteiger partial charge >= 0.3 is 0 Å². The van der Waals surface area contributed by atoms with E-state index < -0.39 is 0 Å². The molecule has 2 N–H and O–H groups in total. The van der Waals surface area contributed by atoms with Crippen LogP contribution in [0.1, 0.15) is 58.8 Å². The van der Waals surface area contributed by atoms with E-state index in [1.807, 2.05) is 38.2 Å². The fourth-order valence-electron chi connectivity index (χ4n) is 5.63. The lowest BCUT2D eigenvalue weighted by atomic mass is 10.00. The van der Waals surface area contributed by atoms with Crippen molar-refractivity contribution in [2.24, 2.45) is 11.8 Å². The first-order chi connectivity index (χ1) is 14.0. The highest BCUT2D eigenvalue weighted by Crippen LogP contribution is 2.49. The normalized spacial score (nSPS) is 30.3. The number of likely N-dealkylation sites (tertiary alicyclic amines) is 1. The minimum atomic E-state index is -0.00712. The lowest BCUT2D eigenvalue weighted by Crippen LogP contribution is -2.50. The number of imidazole rings is 1. The lowest BCUT2D eigenvalue weighted by Gasteiger charge is -2.30. The maximum absolute atomic E-state index is 13.2. The molecule has 0 unspecified atom stereocenters. The number of fused-ring (bicyclic) bond motifs is 1. The highest BCUT2D eigenvalue weighted by atomic mass is 16.2. The first-order valence-corrected chi connectivity index (χ1v) is 10.7. The smallest absolute Gasteiger partial charge is 0.252 e. The quantitative estimate of drug-likeness (QED) is 0.840. The third kappa shape index (κ3) is 3.15. The molecule has 3 aliphatic rings. The van der Waals surface area contributed by atoms with Crippen molar-refractivity contribution in [1.29, 1.82) is 0 Å². The molecule has 3 fully saturated rings. The number of carbonyl (C=O) groups is 2. The van der Waals surface area contributed by atoms with E-state index in [0.29, 0.717) is 5.92 Å². The van der Waals surface area contributed by atoms with Crippen LogP contribution in [0.3, 0.4) is 0 Å². The summed E-state index contributed by atoms with van der Waals surface area (Å²) >= 11 is 0. The summed E-state index contributed by atoms with van der Waals surface area (Å²) in [4.78, 5) is 35.6. The molecule has 2 aliphatic carbocycles. The summed E-state index contributed by atoms with van der Waals surface area (Å²) in [6, 6.07) is 6.12. The summed E-state index contributed by atoms with van der Waals surface area (Å²) in [5.74, 6) is 1.09. The van der Waals surface area contributed by atoms with Crippen molar-refractivity contribution >= 4 is 11.8 Å². The molecule has 0 radical (unpaired) electrons. The van der Waals surface area contributed by atoms with Gasteiger partial charge in [-0.05, 0) is 56.6 Å². The van der Waals surface area contributed by atoms with Gasteiger partial charge in [0.25, 0.3) is 5.91 Å². The fourth-order valence-corrected chi connectivity index (χ4v) is 5.63. The van der Waals surface area contributed by atoms with Crippen LogP contribution in [0.2, 0.25) is 0 Å². The average Bonchev–Trinajstić information content (AvgIpc) is 3.04. The van der Waals surface area contributed by atoms with Gasteiger partial charge in [-0.15, -0.1) is 0 Å². The summed E-state index contributed by atoms with van der Waals surface area (Å²) < 4.78 is 0. The number of hydrogen-bond donors (Lipinski definition) is 2. The van der Waals surface area contributed by atoms with Crippen LogP contribution in [-0.4, -0.2) is 45.3 Å². The molecule has 5 atom stereocenters. The summed E-state index contributed by atoms with van der Waals surface area (Å²) in [6.45, 7) is 4.77. The largest absolute Gasteiger partial charge is 0.348 e. The van der Waals surface area contributed by atoms with E-state index in [1.54, 1.807) is 6.33 Å². The Morgan fingerprint density at radius 2 is 1.97 bits per heavy atom. The van der Waals surface area contributed by atoms with Crippen molar-refractivity contribution in [3.8, 4) is 0 Å². The monoisotopic (exact) mass is 392 g/mol. The van der Waals surface area contributed by atoms with E-state index in [1.165, 1.54) is 0 Å². The van der Waals surface area contributed by atoms with E-state index in [-0.39, 0.29) is 35.7 Å². The molecule has 0 bridgehead atoms. The number of hydrogen-bond acceptors (Lipinski definition) is 3. The van der Waals surface area contributed by atoms with E-state index in [0.717, 1.165) is 54.6 Å². The Kier molecular flexibility index (Phi) is 4.45. The van der Waals surface area contributed by atoms with Crippen molar-refractivity contribution in [3.05, 3.63) is 53.1 Å². The number of H-pyrrole nitrogens is 1. The maximum Gasteiger partial charge on any atom is 0.252 e. The maximum atomic E-state index is 13.2. The Hall–Kier alpha value is -2.63. The highest BCUT2D eigenvalue weighted by molar-refractivity contribution is 5.97.